The predicted molar refractivity (Wildman–Crippen MR) is 100 cm³/mol. The lowest BCUT2D eigenvalue weighted by molar-refractivity contribution is 0.110. The molecule has 134 valence electrons. The summed E-state index contributed by atoms with van der Waals surface area (Å²) in [5, 5.41) is 14.2. The Morgan fingerprint density at radius 2 is 1.96 bits per heavy atom. The van der Waals surface area contributed by atoms with Crippen molar-refractivity contribution in [3.8, 4) is 5.75 Å². The average Bonchev–Trinajstić information content (AvgIpc) is 2.62. The van der Waals surface area contributed by atoms with E-state index in [1.807, 2.05) is 42.5 Å². The standard InChI is InChI=1S/C21H28N2O2/c1-14(2)23-19-10-8-16-17(21(19)24)9-11-20(18(16)12-22)25-13-15-6-4-3-5-7-15/h3-7,9,11,14,19,21,23-24H,8,10,12-13,22H2,1-2H3/t19-,21-/m1/s1. The Hall–Kier alpha value is -1.88. The maximum absolute atomic E-state index is 10.7. The lowest BCUT2D eigenvalue weighted by Gasteiger charge is -2.33. The number of aliphatic hydroxyl groups excluding tert-OH is 1. The van der Waals surface area contributed by atoms with Crippen molar-refractivity contribution in [2.24, 2.45) is 5.73 Å². The molecule has 0 heterocycles. The number of nitrogens with two attached hydrogens (primary N) is 1. The highest BCUT2D eigenvalue weighted by atomic mass is 16.5. The third-order valence-corrected chi connectivity index (χ3v) is 4.82. The van der Waals surface area contributed by atoms with Gasteiger partial charge in [-0.3, -0.25) is 0 Å². The molecule has 0 radical (unpaired) electrons. The monoisotopic (exact) mass is 340 g/mol. The second kappa shape index (κ2) is 8.00. The molecule has 4 N–H and O–H groups in total. The van der Waals surface area contributed by atoms with Gasteiger partial charge in [-0.2, -0.15) is 0 Å². The molecule has 2 aromatic rings. The molecule has 2 atom stereocenters. The fourth-order valence-corrected chi connectivity index (χ4v) is 3.63. The Bertz CT molecular complexity index is 701. The van der Waals surface area contributed by atoms with Crippen molar-refractivity contribution >= 4 is 0 Å². The van der Waals surface area contributed by atoms with Crippen molar-refractivity contribution in [2.45, 2.75) is 58.0 Å². The molecule has 0 aliphatic heterocycles. The highest BCUT2D eigenvalue weighted by molar-refractivity contribution is 5.48. The second-order valence-corrected chi connectivity index (χ2v) is 7.00. The second-order valence-electron chi connectivity index (χ2n) is 7.00. The summed E-state index contributed by atoms with van der Waals surface area (Å²) in [6.07, 6.45) is 1.31. The zero-order valence-corrected chi connectivity index (χ0v) is 15.0. The molecule has 0 spiro atoms. The third kappa shape index (κ3) is 4.03. The summed E-state index contributed by atoms with van der Waals surface area (Å²) in [5.41, 5.74) is 10.3. The van der Waals surface area contributed by atoms with Crippen molar-refractivity contribution in [3.63, 3.8) is 0 Å². The lowest BCUT2D eigenvalue weighted by atomic mass is 9.82. The SMILES string of the molecule is CC(C)N[C@@H]1CCc2c(ccc(OCc3ccccc3)c2CN)[C@H]1O. The molecule has 0 saturated heterocycles. The Morgan fingerprint density at radius 3 is 2.64 bits per heavy atom. The van der Waals surface area contributed by atoms with Crippen LogP contribution < -0.4 is 15.8 Å². The van der Waals surface area contributed by atoms with Gasteiger partial charge in [-0.15, -0.1) is 0 Å². The molecule has 25 heavy (non-hydrogen) atoms. The first-order valence-electron chi connectivity index (χ1n) is 9.05. The van der Waals surface area contributed by atoms with Crippen LogP contribution in [-0.2, 0) is 19.6 Å². The van der Waals surface area contributed by atoms with Gasteiger partial charge in [0, 0.05) is 24.2 Å². The Kier molecular flexibility index (Phi) is 5.74. The molecule has 0 amide bonds. The summed E-state index contributed by atoms with van der Waals surface area (Å²) in [6, 6.07) is 14.5. The summed E-state index contributed by atoms with van der Waals surface area (Å²) in [4.78, 5) is 0. The number of benzene rings is 2. The van der Waals surface area contributed by atoms with Crippen LogP contribution >= 0.6 is 0 Å². The van der Waals surface area contributed by atoms with Crippen LogP contribution in [0.3, 0.4) is 0 Å². The van der Waals surface area contributed by atoms with E-state index in [9.17, 15) is 5.11 Å². The molecule has 3 rings (SSSR count). The average molecular weight is 340 g/mol. The minimum atomic E-state index is -0.500. The molecule has 4 heteroatoms. The van der Waals surface area contributed by atoms with Crippen LogP contribution in [0.15, 0.2) is 42.5 Å². The number of ether oxygens (including phenoxy) is 1. The van der Waals surface area contributed by atoms with Crippen LogP contribution in [0.2, 0.25) is 0 Å². The smallest absolute Gasteiger partial charge is 0.124 e. The maximum atomic E-state index is 10.7. The Balaban J connectivity index is 1.81. The van der Waals surface area contributed by atoms with Crippen LogP contribution in [0.1, 0.15) is 48.6 Å². The minimum absolute atomic E-state index is 0.0919. The van der Waals surface area contributed by atoms with E-state index in [0.29, 0.717) is 19.2 Å². The molecule has 0 fully saturated rings. The molecule has 1 aliphatic carbocycles. The first-order valence-corrected chi connectivity index (χ1v) is 9.05. The van der Waals surface area contributed by atoms with Gasteiger partial charge in [-0.1, -0.05) is 50.2 Å². The minimum Gasteiger partial charge on any atom is -0.489 e. The van der Waals surface area contributed by atoms with Gasteiger partial charge in [0.25, 0.3) is 0 Å². The zero-order valence-electron chi connectivity index (χ0n) is 15.0. The van der Waals surface area contributed by atoms with Gasteiger partial charge < -0.3 is 20.9 Å². The highest BCUT2D eigenvalue weighted by Gasteiger charge is 2.30. The largest absolute Gasteiger partial charge is 0.489 e. The normalized spacial score (nSPS) is 19.7. The molecular formula is C21H28N2O2. The molecular weight excluding hydrogens is 312 g/mol. The molecule has 0 bridgehead atoms. The highest BCUT2D eigenvalue weighted by Crippen LogP contribution is 2.36. The first kappa shape index (κ1) is 17.9. The van der Waals surface area contributed by atoms with Gasteiger partial charge in [-0.05, 0) is 35.6 Å². The van der Waals surface area contributed by atoms with Crippen LogP contribution in [0.25, 0.3) is 0 Å². The molecule has 4 nitrogen and oxygen atoms in total. The van der Waals surface area contributed by atoms with Gasteiger partial charge in [-0.25, -0.2) is 0 Å². The van der Waals surface area contributed by atoms with Crippen LogP contribution in [0.5, 0.6) is 5.75 Å². The van der Waals surface area contributed by atoms with E-state index >= 15 is 0 Å². The first-order chi connectivity index (χ1) is 12.1. The number of fused-ring (bicyclic) bond motifs is 1. The third-order valence-electron chi connectivity index (χ3n) is 4.82. The van der Waals surface area contributed by atoms with Crippen molar-refractivity contribution < 1.29 is 9.84 Å². The molecule has 1 aliphatic rings. The van der Waals surface area contributed by atoms with Crippen LogP contribution in [-0.4, -0.2) is 17.2 Å². The van der Waals surface area contributed by atoms with Gasteiger partial charge in [0.2, 0.25) is 0 Å². The lowest BCUT2D eigenvalue weighted by Crippen LogP contribution is -2.42. The van der Waals surface area contributed by atoms with E-state index in [4.69, 9.17) is 10.5 Å². The number of nitrogens with one attached hydrogen (secondary N) is 1. The topological polar surface area (TPSA) is 67.5 Å². The maximum Gasteiger partial charge on any atom is 0.124 e. The van der Waals surface area contributed by atoms with Gasteiger partial charge in [0.1, 0.15) is 12.4 Å². The summed E-state index contributed by atoms with van der Waals surface area (Å²) >= 11 is 0. The van der Waals surface area contributed by atoms with Gasteiger partial charge in [0.05, 0.1) is 6.10 Å². The zero-order chi connectivity index (χ0) is 17.8. The Labute approximate surface area is 150 Å². The fourth-order valence-electron chi connectivity index (χ4n) is 3.63. The Morgan fingerprint density at radius 1 is 1.20 bits per heavy atom. The summed E-state index contributed by atoms with van der Waals surface area (Å²) in [5.74, 6) is 0.826. The van der Waals surface area contributed by atoms with E-state index in [2.05, 4.69) is 19.2 Å². The van der Waals surface area contributed by atoms with Crippen molar-refractivity contribution in [1.29, 1.82) is 0 Å². The van der Waals surface area contributed by atoms with E-state index < -0.39 is 6.10 Å². The quantitative estimate of drug-likeness (QED) is 0.756. The number of aliphatic hydroxyl groups is 1. The summed E-state index contributed by atoms with van der Waals surface area (Å²) < 4.78 is 6.03. The summed E-state index contributed by atoms with van der Waals surface area (Å²) in [6.45, 7) is 5.15. The number of hydrogen-bond donors (Lipinski definition) is 3. The number of hydrogen-bond acceptors (Lipinski definition) is 4. The summed E-state index contributed by atoms with van der Waals surface area (Å²) in [7, 11) is 0. The predicted octanol–water partition coefficient (Wildman–Crippen LogP) is 3.07. The molecule has 0 unspecified atom stereocenters. The van der Waals surface area contributed by atoms with Crippen molar-refractivity contribution in [1.82, 2.24) is 5.32 Å². The van der Waals surface area contributed by atoms with E-state index in [-0.39, 0.29) is 6.04 Å². The van der Waals surface area contributed by atoms with E-state index in [1.165, 1.54) is 0 Å². The van der Waals surface area contributed by atoms with E-state index in [0.717, 1.165) is 40.8 Å². The number of rotatable bonds is 6. The van der Waals surface area contributed by atoms with Crippen molar-refractivity contribution in [2.75, 3.05) is 0 Å². The van der Waals surface area contributed by atoms with E-state index in [1.54, 1.807) is 0 Å². The van der Waals surface area contributed by atoms with Crippen molar-refractivity contribution in [3.05, 3.63) is 64.7 Å². The molecule has 0 saturated carbocycles. The molecule has 0 aromatic heterocycles. The van der Waals surface area contributed by atoms with Gasteiger partial charge in [0.15, 0.2) is 0 Å². The van der Waals surface area contributed by atoms with Gasteiger partial charge >= 0.3 is 0 Å². The molecule has 2 aromatic carbocycles. The fraction of sp³-hybridized carbons (Fsp3) is 0.429. The van der Waals surface area contributed by atoms with Crippen LogP contribution in [0, 0.1) is 0 Å². The van der Waals surface area contributed by atoms with Crippen LogP contribution in [0.4, 0.5) is 0 Å².